The maximum Gasteiger partial charge on any atom is 0.231 e. The number of nitrogens with one attached hydrogen (secondary N) is 1. The Hall–Kier alpha value is -0.650. The molecule has 0 radical (unpaired) electrons. The maximum absolute atomic E-state index is 10.9. The van der Waals surface area contributed by atoms with Crippen molar-refractivity contribution in [3.05, 3.63) is 0 Å². The molecule has 0 saturated carbocycles. The summed E-state index contributed by atoms with van der Waals surface area (Å²) in [7, 11) is 2.20. The third-order valence-corrected chi connectivity index (χ3v) is 4.32. The van der Waals surface area contributed by atoms with Gasteiger partial charge in [-0.2, -0.15) is 0 Å². The number of hydrogen-bond donors (Lipinski definition) is 2. The number of nitrogens with two attached hydrogens (primary N) is 1. The van der Waals surface area contributed by atoms with Crippen LogP contribution >= 0.6 is 0 Å². The Balaban J connectivity index is 1.69. The molecule has 2 heterocycles. The van der Waals surface area contributed by atoms with Gasteiger partial charge in [-0.25, -0.2) is 0 Å². The molecule has 2 atom stereocenters. The number of carbonyl (C=O) groups is 1. The van der Waals surface area contributed by atoms with Gasteiger partial charge in [-0.05, 0) is 33.2 Å². The molecule has 2 unspecified atom stereocenters. The summed E-state index contributed by atoms with van der Waals surface area (Å²) < 4.78 is 0. The van der Waals surface area contributed by atoms with Gasteiger partial charge >= 0.3 is 0 Å². The van der Waals surface area contributed by atoms with Crippen molar-refractivity contribution in [3.63, 3.8) is 0 Å². The van der Waals surface area contributed by atoms with Gasteiger partial charge < -0.3 is 16.0 Å². The minimum Gasteiger partial charge on any atom is -0.369 e. The average Bonchev–Trinajstić information content (AvgIpc) is 2.60. The molecule has 2 aliphatic rings. The van der Waals surface area contributed by atoms with Crippen LogP contribution in [0.3, 0.4) is 0 Å². The van der Waals surface area contributed by atoms with Crippen molar-refractivity contribution in [2.24, 2.45) is 5.73 Å². The predicted octanol–water partition coefficient (Wildman–Crippen LogP) is -0.382. The van der Waals surface area contributed by atoms with E-state index < -0.39 is 0 Å². The standard InChI is InChI=1S/C13H26N4O/c1-10-7-12(8-16(10)2)15-11-3-5-17(6-4-11)9-13(14)18/h10-12,15H,3-9H2,1-2H3,(H2,14,18). The maximum atomic E-state index is 10.9. The minimum absolute atomic E-state index is 0.215. The molecule has 2 rings (SSSR count). The van der Waals surface area contributed by atoms with E-state index in [-0.39, 0.29) is 5.91 Å². The van der Waals surface area contributed by atoms with Gasteiger partial charge in [0.05, 0.1) is 6.54 Å². The zero-order valence-corrected chi connectivity index (χ0v) is 11.6. The third-order valence-electron chi connectivity index (χ3n) is 4.32. The topological polar surface area (TPSA) is 61.6 Å². The fourth-order valence-electron chi connectivity index (χ4n) is 3.13. The monoisotopic (exact) mass is 254 g/mol. The second-order valence-electron chi connectivity index (χ2n) is 5.90. The molecule has 18 heavy (non-hydrogen) atoms. The molecule has 0 aromatic carbocycles. The van der Waals surface area contributed by atoms with E-state index in [0.717, 1.165) is 32.5 Å². The zero-order chi connectivity index (χ0) is 13.1. The van der Waals surface area contributed by atoms with Crippen LogP contribution in [0.5, 0.6) is 0 Å². The Labute approximate surface area is 110 Å². The number of likely N-dealkylation sites (N-methyl/N-ethyl adjacent to an activating group) is 1. The molecular formula is C13H26N4O. The van der Waals surface area contributed by atoms with Crippen molar-refractivity contribution >= 4 is 5.91 Å². The molecule has 0 aromatic heterocycles. The van der Waals surface area contributed by atoms with Crippen LogP contribution in [0.2, 0.25) is 0 Å². The Morgan fingerprint density at radius 3 is 2.50 bits per heavy atom. The molecule has 2 aliphatic heterocycles. The van der Waals surface area contributed by atoms with E-state index >= 15 is 0 Å². The largest absolute Gasteiger partial charge is 0.369 e. The number of likely N-dealkylation sites (tertiary alicyclic amines) is 2. The first-order chi connectivity index (χ1) is 8.54. The lowest BCUT2D eigenvalue weighted by Gasteiger charge is -2.33. The summed E-state index contributed by atoms with van der Waals surface area (Å²) >= 11 is 0. The molecule has 2 fully saturated rings. The second-order valence-corrected chi connectivity index (χ2v) is 5.90. The van der Waals surface area contributed by atoms with E-state index in [1.165, 1.54) is 6.42 Å². The van der Waals surface area contributed by atoms with Gasteiger partial charge in [-0.15, -0.1) is 0 Å². The number of nitrogens with zero attached hydrogens (tertiary/aromatic N) is 2. The van der Waals surface area contributed by atoms with Crippen LogP contribution in [-0.2, 0) is 4.79 Å². The van der Waals surface area contributed by atoms with Crippen LogP contribution in [0, 0.1) is 0 Å². The minimum atomic E-state index is -0.215. The van der Waals surface area contributed by atoms with E-state index in [2.05, 4.69) is 29.1 Å². The SMILES string of the molecule is CC1CC(NC2CCN(CC(N)=O)CC2)CN1C. The third kappa shape index (κ3) is 3.67. The number of piperidine rings is 1. The number of amides is 1. The van der Waals surface area contributed by atoms with Gasteiger partial charge in [0, 0.05) is 37.8 Å². The summed E-state index contributed by atoms with van der Waals surface area (Å²) in [5.41, 5.74) is 5.22. The lowest BCUT2D eigenvalue weighted by molar-refractivity contribution is -0.119. The summed E-state index contributed by atoms with van der Waals surface area (Å²) in [6, 6.07) is 1.94. The molecule has 104 valence electrons. The number of primary amides is 1. The van der Waals surface area contributed by atoms with E-state index in [9.17, 15) is 4.79 Å². The first-order valence-electron chi connectivity index (χ1n) is 7.01. The molecule has 2 saturated heterocycles. The summed E-state index contributed by atoms with van der Waals surface area (Å²) in [6.45, 7) is 5.83. The first-order valence-corrected chi connectivity index (χ1v) is 7.01. The highest BCUT2D eigenvalue weighted by Crippen LogP contribution is 2.18. The Morgan fingerprint density at radius 2 is 2.00 bits per heavy atom. The van der Waals surface area contributed by atoms with Crippen molar-refractivity contribution < 1.29 is 4.79 Å². The molecule has 0 spiro atoms. The normalized spacial score (nSPS) is 31.9. The lowest BCUT2D eigenvalue weighted by Crippen LogP contribution is -2.48. The fraction of sp³-hybridized carbons (Fsp3) is 0.923. The van der Waals surface area contributed by atoms with Crippen LogP contribution in [0.25, 0.3) is 0 Å². The summed E-state index contributed by atoms with van der Waals surface area (Å²) in [5.74, 6) is -0.215. The van der Waals surface area contributed by atoms with Crippen molar-refractivity contribution in [3.8, 4) is 0 Å². The van der Waals surface area contributed by atoms with Gasteiger partial charge in [0.1, 0.15) is 0 Å². The highest BCUT2D eigenvalue weighted by molar-refractivity contribution is 5.75. The Bertz CT molecular complexity index is 279. The lowest BCUT2D eigenvalue weighted by atomic mass is 10.0. The van der Waals surface area contributed by atoms with E-state index in [4.69, 9.17) is 5.73 Å². The van der Waals surface area contributed by atoms with E-state index in [0.29, 0.717) is 24.7 Å². The van der Waals surface area contributed by atoms with Gasteiger partial charge in [0.15, 0.2) is 0 Å². The Kier molecular flexibility index (Phi) is 4.59. The second kappa shape index (κ2) is 5.99. The van der Waals surface area contributed by atoms with E-state index in [1.54, 1.807) is 0 Å². The summed E-state index contributed by atoms with van der Waals surface area (Å²) in [4.78, 5) is 15.4. The number of carbonyl (C=O) groups excluding carboxylic acids is 1. The highest BCUT2D eigenvalue weighted by Gasteiger charge is 2.29. The van der Waals surface area contributed by atoms with Crippen LogP contribution < -0.4 is 11.1 Å². The van der Waals surface area contributed by atoms with Crippen LogP contribution in [0.4, 0.5) is 0 Å². The summed E-state index contributed by atoms with van der Waals surface area (Å²) in [6.07, 6.45) is 3.50. The van der Waals surface area contributed by atoms with E-state index in [1.807, 2.05) is 0 Å². The smallest absolute Gasteiger partial charge is 0.231 e. The molecule has 5 nitrogen and oxygen atoms in total. The fourth-order valence-corrected chi connectivity index (χ4v) is 3.13. The quantitative estimate of drug-likeness (QED) is 0.718. The van der Waals surface area contributed by atoms with Crippen LogP contribution in [-0.4, -0.2) is 67.1 Å². The number of rotatable bonds is 4. The zero-order valence-electron chi connectivity index (χ0n) is 11.6. The highest BCUT2D eigenvalue weighted by atomic mass is 16.1. The predicted molar refractivity (Wildman–Crippen MR) is 72.3 cm³/mol. The van der Waals surface area contributed by atoms with Crippen molar-refractivity contribution in [1.82, 2.24) is 15.1 Å². The molecule has 1 amide bonds. The molecule has 0 aliphatic carbocycles. The van der Waals surface area contributed by atoms with Gasteiger partial charge in [0.2, 0.25) is 5.91 Å². The van der Waals surface area contributed by atoms with Gasteiger partial charge in [-0.3, -0.25) is 9.69 Å². The van der Waals surface area contributed by atoms with Crippen LogP contribution in [0.1, 0.15) is 26.2 Å². The van der Waals surface area contributed by atoms with Crippen LogP contribution in [0.15, 0.2) is 0 Å². The molecule has 3 N–H and O–H groups in total. The van der Waals surface area contributed by atoms with Gasteiger partial charge in [-0.1, -0.05) is 0 Å². The number of hydrogen-bond acceptors (Lipinski definition) is 4. The molecule has 5 heteroatoms. The molecule has 0 aromatic rings. The van der Waals surface area contributed by atoms with Gasteiger partial charge in [0.25, 0.3) is 0 Å². The molecule has 0 bridgehead atoms. The van der Waals surface area contributed by atoms with Crippen molar-refractivity contribution in [2.45, 2.75) is 44.3 Å². The average molecular weight is 254 g/mol. The Morgan fingerprint density at radius 1 is 1.33 bits per heavy atom. The van der Waals surface area contributed by atoms with Crippen molar-refractivity contribution in [1.29, 1.82) is 0 Å². The van der Waals surface area contributed by atoms with Crippen molar-refractivity contribution in [2.75, 3.05) is 33.2 Å². The first kappa shape index (κ1) is 13.8. The molecular weight excluding hydrogens is 228 g/mol. The summed E-state index contributed by atoms with van der Waals surface area (Å²) in [5, 5.41) is 3.77.